The van der Waals surface area contributed by atoms with Gasteiger partial charge in [0.2, 0.25) is 0 Å². The zero-order valence-corrected chi connectivity index (χ0v) is 10.2. The topological polar surface area (TPSA) is 23.5 Å². The molecule has 1 fully saturated rings. The van der Waals surface area contributed by atoms with Crippen LogP contribution in [-0.2, 0) is 0 Å². The van der Waals surface area contributed by atoms with Crippen LogP contribution in [-0.4, -0.2) is 36.2 Å². The van der Waals surface area contributed by atoms with Gasteiger partial charge in [0.05, 0.1) is 0 Å². The molecule has 15 heavy (non-hydrogen) atoms. The highest BCUT2D eigenvalue weighted by atomic mass is 16.3. The molecule has 1 rings (SSSR count). The van der Waals surface area contributed by atoms with Crippen LogP contribution in [0.2, 0.25) is 0 Å². The molecule has 0 aromatic heterocycles. The molecule has 0 atom stereocenters. The summed E-state index contributed by atoms with van der Waals surface area (Å²) in [4.78, 5) is 2.60. The van der Waals surface area contributed by atoms with Gasteiger partial charge in [-0.1, -0.05) is 26.2 Å². The number of aliphatic hydroxyl groups excluding tert-OH is 1. The maximum Gasteiger partial charge on any atom is 0.0433 e. The standard InChI is InChI=1S/C13H27NO/c1-2-3-4-5-9-14-10-6-13(7-11-14)8-12-15/h13,15H,2-12H2,1H3. The van der Waals surface area contributed by atoms with Gasteiger partial charge in [0, 0.05) is 6.61 Å². The highest BCUT2D eigenvalue weighted by Crippen LogP contribution is 2.20. The minimum Gasteiger partial charge on any atom is -0.396 e. The Kier molecular flexibility index (Phi) is 7.03. The van der Waals surface area contributed by atoms with Gasteiger partial charge in [-0.15, -0.1) is 0 Å². The first-order chi connectivity index (χ1) is 7.36. The second-order valence-electron chi connectivity index (χ2n) is 4.86. The van der Waals surface area contributed by atoms with Gasteiger partial charge in [0.15, 0.2) is 0 Å². The number of rotatable bonds is 7. The van der Waals surface area contributed by atoms with Crippen molar-refractivity contribution in [3.05, 3.63) is 0 Å². The first-order valence-electron chi connectivity index (χ1n) is 6.70. The predicted octanol–water partition coefficient (Wildman–Crippen LogP) is 2.66. The largest absolute Gasteiger partial charge is 0.396 e. The van der Waals surface area contributed by atoms with E-state index in [1.54, 1.807) is 0 Å². The Morgan fingerprint density at radius 3 is 2.47 bits per heavy atom. The number of likely N-dealkylation sites (tertiary alicyclic amines) is 1. The summed E-state index contributed by atoms with van der Waals surface area (Å²) in [6, 6.07) is 0. The molecule has 0 unspecified atom stereocenters. The van der Waals surface area contributed by atoms with Crippen molar-refractivity contribution in [1.82, 2.24) is 4.90 Å². The van der Waals surface area contributed by atoms with Crippen LogP contribution in [0.25, 0.3) is 0 Å². The number of hydrogen-bond donors (Lipinski definition) is 1. The number of unbranched alkanes of at least 4 members (excludes halogenated alkanes) is 3. The Bertz CT molecular complexity index is 139. The van der Waals surface area contributed by atoms with Crippen molar-refractivity contribution in [1.29, 1.82) is 0 Å². The Labute approximate surface area is 94.7 Å². The van der Waals surface area contributed by atoms with Crippen molar-refractivity contribution < 1.29 is 5.11 Å². The van der Waals surface area contributed by atoms with E-state index in [9.17, 15) is 0 Å². The van der Waals surface area contributed by atoms with Crippen molar-refractivity contribution >= 4 is 0 Å². The van der Waals surface area contributed by atoms with Crippen molar-refractivity contribution in [2.75, 3.05) is 26.2 Å². The van der Waals surface area contributed by atoms with Crippen LogP contribution < -0.4 is 0 Å². The molecule has 2 nitrogen and oxygen atoms in total. The molecule has 0 spiro atoms. The molecule has 2 heteroatoms. The van der Waals surface area contributed by atoms with E-state index < -0.39 is 0 Å². The molecule has 0 aliphatic carbocycles. The van der Waals surface area contributed by atoms with Gasteiger partial charge < -0.3 is 10.0 Å². The van der Waals surface area contributed by atoms with E-state index in [1.165, 1.54) is 58.2 Å². The number of nitrogens with zero attached hydrogens (tertiary/aromatic N) is 1. The molecule has 0 amide bonds. The lowest BCUT2D eigenvalue weighted by atomic mass is 9.94. The summed E-state index contributed by atoms with van der Waals surface area (Å²) in [5, 5.41) is 8.87. The molecule has 0 bridgehead atoms. The highest BCUT2D eigenvalue weighted by molar-refractivity contribution is 4.71. The molecule has 1 aliphatic rings. The fourth-order valence-corrected chi connectivity index (χ4v) is 2.44. The monoisotopic (exact) mass is 213 g/mol. The summed E-state index contributed by atoms with van der Waals surface area (Å²) in [6.07, 6.45) is 9.11. The van der Waals surface area contributed by atoms with Crippen LogP contribution in [0.5, 0.6) is 0 Å². The molecule has 0 saturated carbocycles. The van der Waals surface area contributed by atoms with Gasteiger partial charge in [-0.3, -0.25) is 0 Å². The first kappa shape index (κ1) is 13.0. The number of aliphatic hydroxyl groups is 1. The van der Waals surface area contributed by atoms with Crippen LogP contribution in [0.3, 0.4) is 0 Å². The van der Waals surface area contributed by atoms with Crippen molar-refractivity contribution in [3.63, 3.8) is 0 Å². The maximum atomic E-state index is 8.87. The van der Waals surface area contributed by atoms with E-state index in [4.69, 9.17) is 5.11 Å². The first-order valence-corrected chi connectivity index (χ1v) is 6.70. The van der Waals surface area contributed by atoms with Crippen LogP contribution in [0, 0.1) is 5.92 Å². The van der Waals surface area contributed by atoms with Crippen molar-refractivity contribution in [3.8, 4) is 0 Å². The van der Waals surface area contributed by atoms with E-state index in [-0.39, 0.29) is 0 Å². The van der Waals surface area contributed by atoms with Crippen LogP contribution >= 0.6 is 0 Å². The predicted molar refractivity (Wildman–Crippen MR) is 65.0 cm³/mol. The van der Waals surface area contributed by atoms with Crippen LogP contribution in [0.15, 0.2) is 0 Å². The van der Waals surface area contributed by atoms with Gasteiger partial charge in [-0.2, -0.15) is 0 Å². The van der Waals surface area contributed by atoms with E-state index in [0.717, 1.165) is 12.3 Å². The van der Waals surface area contributed by atoms with E-state index in [1.807, 2.05) is 0 Å². The molecule has 1 aliphatic heterocycles. The third-order valence-electron chi connectivity index (χ3n) is 3.57. The molecule has 0 aromatic carbocycles. The van der Waals surface area contributed by atoms with Gasteiger partial charge in [0.1, 0.15) is 0 Å². The normalized spacial score (nSPS) is 19.6. The van der Waals surface area contributed by atoms with Crippen LogP contribution in [0.1, 0.15) is 51.9 Å². The molecule has 0 aromatic rings. The third-order valence-corrected chi connectivity index (χ3v) is 3.57. The van der Waals surface area contributed by atoms with E-state index in [0.29, 0.717) is 6.61 Å². The second kappa shape index (κ2) is 8.12. The second-order valence-corrected chi connectivity index (χ2v) is 4.86. The molecule has 90 valence electrons. The molecular weight excluding hydrogens is 186 g/mol. The fraction of sp³-hybridized carbons (Fsp3) is 1.00. The lowest BCUT2D eigenvalue weighted by Crippen LogP contribution is -2.34. The summed E-state index contributed by atoms with van der Waals surface area (Å²) in [6.45, 7) is 6.46. The Morgan fingerprint density at radius 1 is 1.13 bits per heavy atom. The zero-order chi connectivity index (χ0) is 10.9. The summed E-state index contributed by atoms with van der Waals surface area (Å²) in [5.74, 6) is 0.793. The minimum absolute atomic E-state index is 0.376. The Morgan fingerprint density at radius 2 is 1.87 bits per heavy atom. The van der Waals surface area contributed by atoms with Crippen LogP contribution in [0.4, 0.5) is 0 Å². The summed E-state index contributed by atoms with van der Waals surface area (Å²) in [7, 11) is 0. The fourth-order valence-electron chi connectivity index (χ4n) is 2.44. The lowest BCUT2D eigenvalue weighted by molar-refractivity contribution is 0.156. The molecule has 0 radical (unpaired) electrons. The van der Waals surface area contributed by atoms with Gasteiger partial charge >= 0.3 is 0 Å². The molecule has 1 saturated heterocycles. The number of piperidine rings is 1. The van der Waals surface area contributed by atoms with E-state index >= 15 is 0 Å². The number of hydrogen-bond acceptors (Lipinski definition) is 2. The molecule has 1 heterocycles. The quantitative estimate of drug-likeness (QED) is 0.657. The Balaban J connectivity index is 1.99. The van der Waals surface area contributed by atoms with Gasteiger partial charge in [-0.25, -0.2) is 0 Å². The average molecular weight is 213 g/mol. The average Bonchev–Trinajstić information content (AvgIpc) is 2.27. The minimum atomic E-state index is 0.376. The summed E-state index contributed by atoms with van der Waals surface area (Å²) in [5.41, 5.74) is 0. The summed E-state index contributed by atoms with van der Waals surface area (Å²) < 4.78 is 0. The smallest absolute Gasteiger partial charge is 0.0433 e. The maximum absolute atomic E-state index is 8.87. The lowest BCUT2D eigenvalue weighted by Gasteiger charge is -2.31. The van der Waals surface area contributed by atoms with Gasteiger partial charge in [0.25, 0.3) is 0 Å². The summed E-state index contributed by atoms with van der Waals surface area (Å²) >= 11 is 0. The third kappa shape index (κ3) is 5.53. The molecular formula is C13H27NO. The SMILES string of the molecule is CCCCCCN1CCC(CCO)CC1. The highest BCUT2D eigenvalue weighted by Gasteiger charge is 2.17. The molecule has 1 N–H and O–H groups in total. The van der Waals surface area contributed by atoms with Crippen molar-refractivity contribution in [2.45, 2.75) is 51.9 Å². The van der Waals surface area contributed by atoms with Crippen molar-refractivity contribution in [2.24, 2.45) is 5.92 Å². The Hall–Kier alpha value is -0.0800. The van der Waals surface area contributed by atoms with Gasteiger partial charge in [-0.05, 0) is 51.2 Å². The van der Waals surface area contributed by atoms with E-state index in [2.05, 4.69) is 11.8 Å². The zero-order valence-electron chi connectivity index (χ0n) is 10.2.